The minimum absolute atomic E-state index is 0.582. The minimum Gasteiger partial charge on any atom is -0.389 e. The van der Waals surface area contributed by atoms with Gasteiger partial charge < -0.3 is 15.4 Å². The van der Waals surface area contributed by atoms with Gasteiger partial charge in [-0.3, -0.25) is 0 Å². The van der Waals surface area contributed by atoms with Crippen molar-refractivity contribution in [3.8, 4) is 0 Å². The van der Waals surface area contributed by atoms with Crippen LogP contribution in [0, 0.1) is 0 Å². The molecule has 3 heteroatoms. The Morgan fingerprint density at radius 3 is 2.93 bits per heavy atom. The lowest BCUT2D eigenvalue weighted by Crippen LogP contribution is -2.37. The van der Waals surface area contributed by atoms with Crippen LogP contribution in [0.1, 0.15) is 32.4 Å². The van der Waals surface area contributed by atoms with Crippen LogP contribution in [0.15, 0.2) is 18.3 Å². The number of rotatable bonds is 6. The van der Waals surface area contributed by atoms with E-state index in [9.17, 15) is 5.11 Å². The normalized spacial score (nSPS) is 15.4. The Labute approximate surface area is 85.5 Å². The highest BCUT2D eigenvalue weighted by molar-refractivity contribution is 5.03. The van der Waals surface area contributed by atoms with Crippen molar-refractivity contribution in [2.45, 2.75) is 38.8 Å². The highest BCUT2D eigenvalue weighted by atomic mass is 16.3. The molecule has 3 N–H and O–H groups in total. The van der Waals surface area contributed by atoms with Gasteiger partial charge in [-0.05, 0) is 25.5 Å². The van der Waals surface area contributed by atoms with Gasteiger partial charge in [0.2, 0.25) is 0 Å². The number of hydrogen-bond acceptors (Lipinski definition) is 2. The van der Waals surface area contributed by atoms with Crippen molar-refractivity contribution in [1.82, 2.24) is 10.3 Å². The zero-order chi connectivity index (χ0) is 10.4. The van der Waals surface area contributed by atoms with Crippen molar-refractivity contribution in [2.75, 3.05) is 6.54 Å². The minimum atomic E-state index is -0.582. The van der Waals surface area contributed by atoms with Crippen molar-refractivity contribution >= 4 is 0 Å². The molecule has 0 radical (unpaired) electrons. The maximum absolute atomic E-state index is 9.87. The van der Waals surface area contributed by atoms with E-state index in [2.05, 4.69) is 17.2 Å². The van der Waals surface area contributed by atoms with Gasteiger partial charge in [0.15, 0.2) is 0 Å². The summed E-state index contributed by atoms with van der Waals surface area (Å²) in [4.78, 5) is 3.11. The lowest BCUT2D eigenvalue weighted by Gasteiger charge is -2.22. The van der Waals surface area contributed by atoms with Crippen LogP contribution in [0.4, 0.5) is 0 Å². The number of aromatic nitrogens is 1. The van der Waals surface area contributed by atoms with Crippen LogP contribution in [0.2, 0.25) is 0 Å². The highest BCUT2D eigenvalue weighted by Crippen LogP contribution is 2.10. The van der Waals surface area contributed by atoms with Crippen LogP contribution in [0.25, 0.3) is 0 Å². The van der Waals surface area contributed by atoms with Crippen LogP contribution < -0.4 is 5.32 Å². The molecule has 1 heterocycles. The molecule has 1 unspecified atom stereocenters. The molecule has 0 fully saturated rings. The second-order valence-corrected chi connectivity index (χ2v) is 4.05. The van der Waals surface area contributed by atoms with Crippen molar-refractivity contribution in [3.05, 3.63) is 24.0 Å². The van der Waals surface area contributed by atoms with Crippen LogP contribution in [0.3, 0.4) is 0 Å². The lowest BCUT2D eigenvalue weighted by molar-refractivity contribution is 0.0497. The first kappa shape index (κ1) is 11.3. The summed E-state index contributed by atoms with van der Waals surface area (Å²) in [5.74, 6) is 0. The number of nitrogens with one attached hydrogen (secondary N) is 2. The molecule has 1 aromatic heterocycles. The van der Waals surface area contributed by atoms with Crippen molar-refractivity contribution in [3.63, 3.8) is 0 Å². The predicted octanol–water partition coefficient (Wildman–Crippen LogP) is 1.66. The Morgan fingerprint density at radius 2 is 2.36 bits per heavy atom. The third kappa shape index (κ3) is 3.94. The van der Waals surface area contributed by atoms with Gasteiger partial charge >= 0.3 is 0 Å². The summed E-state index contributed by atoms with van der Waals surface area (Å²) >= 11 is 0. The van der Waals surface area contributed by atoms with Gasteiger partial charge in [-0.25, -0.2) is 0 Å². The molecule has 3 nitrogen and oxygen atoms in total. The fourth-order valence-electron chi connectivity index (χ4n) is 1.57. The molecule has 80 valence electrons. The smallest absolute Gasteiger partial charge is 0.0743 e. The van der Waals surface area contributed by atoms with E-state index in [4.69, 9.17) is 0 Å². The average molecular weight is 196 g/mol. The first-order valence-corrected chi connectivity index (χ1v) is 5.19. The Hall–Kier alpha value is -0.800. The summed E-state index contributed by atoms with van der Waals surface area (Å²) in [7, 11) is 0. The SMILES string of the molecule is CCCC(C)(O)CNCc1ccc[nH]1. The Morgan fingerprint density at radius 1 is 1.57 bits per heavy atom. The molecule has 0 bridgehead atoms. The monoisotopic (exact) mass is 196 g/mol. The first-order chi connectivity index (χ1) is 6.64. The summed E-state index contributed by atoms with van der Waals surface area (Å²) in [6.45, 7) is 5.38. The second-order valence-electron chi connectivity index (χ2n) is 4.05. The largest absolute Gasteiger partial charge is 0.389 e. The topological polar surface area (TPSA) is 48.0 Å². The molecule has 0 amide bonds. The summed E-state index contributed by atoms with van der Waals surface area (Å²) in [6.07, 6.45) is 3.75. The van der Waals surface area contributed by atoms with Crippen molar-refractivity contribution in [2.24, 2.45) is 0 Å². The van der Waals surface area contributed by atoms with Crippen molar-refractivity contribution in [1.29, 1.82) is 0 Å². The summed E-state index contributed by atoms with van der Waals surface area (Å²) in [5, 5.41) is 13.1. The number of aliphatic hydroxyl groups is 1. The second kappa shape index (κ2) is 5.17. The summed E-state index contributed by atoms with van der Waals surface area (Å²) in [5.41, 5.74) is 0.568. The molecule has 1 aromatic rings. The Kier molecular flexibility index (Phi) is 4.17. The molecule has 0 spiro atoms. The van der Waals surface area contributed by atoms with Gasteiger partial charge in [-0.15, -0.1) is 0 Å². The van der Waals surface area contributed by atoms with Crippen LogP contribution in [-0.4, -0.2) is 22.2 Å². The maximum Gasteiger partial charge on any atom is 0.0743 e. The lowest BCUT2D eigenvalue weighted by atomic mass is 10.0. The van der Waals surface area contributed by atoms with E-state index in [-0.39, 0.29) is 0 Å². The fraction of sp³-hybridized carbons (Fsp3) is 0.636. The molecule has 1 rings (SSSR count). The third-order valence-corrected chi connectivity index (χ3v) is 2.27. The highest BCUT2D eigenvalue weighted by Gasteiger charge is 2.17. The zero-order valence-electron chi connectivity index (χ0n) is 9.01. The van der Waals surface area contributed by atoms with E-state index in [0.29, 0.717) is 6.54 Å². The summed E-state index contributed by atoms with van der Waals surface area (Å²) < 4.78 is 0. The van der Waals surface area contributed by atoms with Gasteiger partial charge in [-0.1, -0.05) is 13.3 Å². The van der Waals surface area contributed by atoms with E-state index in [1.807, 2.05) is 25.3 Å². The van der Waals surface area contributed by atoms with Crippen molar-refractivity contribution < 1.29 is 5.11 Å². The van der Waals surface area contributed by atoms with Gasteiger partial charge in [0.05, 0.1) is 5.60 Å². The van der Waals surface area contributed by atoms with Gasteiger partial charge in [0.1, 0.15) is 0 Å². The maximum atomic E-state index is 9.87. The van der Waals surface area contributed by atoms with Gasteiger partial charge in [0.25, 0.3) is 0 Å². The molecule has 1 atom stereocenters. The number of H-pyrrole nitrogens is 1. The molecule has 0 aromatic carbocycles. The molecule has 0 saturated carbocycles. The van der Waals surface area contributed by atoms with E-state index in [0.717, 1.165) is 25.1 Å². The third-order valence-electron chi connectivity index (χ3n) is 2.27. The van der Waals surface area contributed by atoms with E-state index in [1.54, 1.807) is 0 Å². The first-order valence-electron chi connectivity index (χ1n) is 5.19. The fourth-order valence-corrected chi connectivity index (χ4v) is 1.57. The number of aromatic amines is 1. The van der Waals surface area contributed by atoms with E-state index >= 15 is 0 Å². The molecule has 0 aliphatic heterocycles. The molecular weight excluding hydrogens is 176 g/mol. The van der Waals surface area contributed by atoms with Crippen LogP contribution in [-0.2, 0) is 6.54 Å². The van der Waals surface area contributed by atoms with Gasteiger partial charge in [0, 0.05) is 25.0 Å². The zero-order valence-corrected chi connectivity index (χ0v) is 9.01. The van der Waals surface area contributed by atoms with Crippen LogP contribution >= 0.6 is 0 Å². The quantitative estimate of drug-likeness (QED) is 0.648. The molecule has 0 aliphatic rings. The standard InChI is InChI=1S/C11H20N2O/c1-3-6-11(2,14)9-12-8-10-5-4-7-13-10/h4-5,7,12-14H,3,6,8-9H2,1-2H3. The van der Waals surface area contributed by atoms with Gasteiger partial charge in [-0.2, -0.15) is 0 Å². The molecule has 0 saturated heterocycles. The van der Waals surface area contributed by atoms with E-state index < -0.39 is 5.60 Å². The average Bonchev–Trinajstić information content (AvgIpc) is 2.56. The molecular formula is C11H20N2O. The predicted molar refractivity (Wildman–Crippen MR) is 58.0 cm³/mol. The molecule has 0 aliphatic carbocycles. The Bertz CT molecular complexity index is 242. The van der Waals surface area contributed by atoms with Crippen LogP contribution in [0.5, 0.6) is 0 Å². The number of hydrogen-bond donors (Lipinski definition) is 3. The summed E-state index contributed by atoms with van der Waals surface area (Å²) in [6, 6.07) is 4.00. The Balaban J connectivity index is 2.20. The molecule has 14 heavy (non-hydrogen) atoms. The van der Waals surface area contributed by atoms with E-state index in [1.165, 1.54) is 0 Å².